The van der Waals surface area contributed by atoms with E-state index in [9.17, 15) is 4.79 Å². The highest BCUT2D eigenvalue weighted by atomic mass is 32.1. The molecule has 0 saturated carbocycles. The third-order valence-electron chi connectivity index (χ3n) is 3.00. The van der Waals surface area contributed by atoms with Gasteiger partial charge in [0.25, 0.3) is 0 Å². The van der Waals surface area contributed by atoms with Crippen molar-refractivity contribution in [3.8, 4) is 0 Å². The predicted octanol–water partition coefficient (Wildman–Crippen LogP) is 3.09. The van der Waals surface area contributed by atoms with E-state index in [1.807, 2.05) is 42.6 Å². The lowest BCUT2D eigenvalue weighted by Gasteiger charge is -2.18. The molecule has 2 amide bonds. The summed E-state index contributed by atoms with van der Waals surface area (Å²) < 4.78 is 0. The molecule has 6 heteroatoms. The van der Waals surface area contributed by atoms with Crippen LogP contribution in [0.2, 0.25) is 0 Å². The van der Waals surface area contributed by atoms with Crippen LogP contribution in [0.3, 0.4) is 0 Å². The number of amides is 2. The van der Waals surface area contributed by atoms with Crippen LogP contribution in [-0.4, -0.2) is 22.7 Å². The number of rotatable bonds is 6. The highest BCUT2D eigenvalue weighted by Crippen LogP contribution is 2.19. The van der Waals surface area contributed by atoms with Crippen molar-refractivity contribution in [3.63, 3.8) is 0 Å². The molecule has 5 nitrogen and oxygen atoms in total. The molecule has 0 aliphatic carbocycles. The van der Waals surface area contributed by atoms with E-state index in [-0.39, 0.29) is 18.7 Å². The zero-order valence-electron chi connectivity index (χ0n) is 11.9. The Morgan fingerprint density at radius 3 is 2.76 bits per heavy atom. The van der Waals surface area contributed by atoms with Gasteiger partial charge in [0.1, 0.15) is 0 Å². The maximum Gasteiger partial charge on any atom is 0.321 e. The Labute approximate surface area is 128 Å². The van der Waals surface area contributed by atoms with Gasteiger partial charge in [-0.15, -0.1) is 11.3 Å². The Morgan fingerprint density at radius 1 is 1.38 bits per heavy atom. The summed E-state index contributed by atoms with van der Waals surface area (Å²) in [6.45, 7) is 1.99. The second-order valence-corrected chi connectivity index (χ2v) is 5.58. The van der Waals surface area contributed by atoms with E-state index in [4.69, 9.17) is 5.11 Å². The summed E-state index contributed by atoms with van der Waals surface area (Å²) in [5.41, 5.74) is 1.91. The van der Waals surface area contributed by atoms with Gasteiger partial charge in [0.15, 0.2) is 5.13 Å². The molecule has 1 aromatic carbocycles. The molecule has 0 bridgehead atoms. The minimum atomic E-state index is -0.281. The first kappa shape index (κ1) is 15.5. The minimum Gasteiger partial charge on any atom is -0.396 e. The first-order valence-corrected chi connectivity index (χ1v) is 7.72. The van der Waals surface area contributed by atoms with E-state index < -0.39 is 0 Å². The lowest BCUT2D eigenvalue weighted by Crippen LogP contribution is -2.32. The van der Waals surface area contributed by atoms with E-state index in [0.29, 0.717) is 18.0 Å². The van der Waals surface area contributed by atoms with Crippen molar-refractivity contribution in [2.75, 3.05) is 11.9 Å². The molecule has 2 aromatic rings. The Balaban J connectivity index is 1.99. The van der Waals surface area contributed by atoms with Crippen LogP contribution in [0.25, 0.3) is 0 Å². The highest BCUT2D eigenvalue weighted by molar-refractivity contribution is 7.13. The van der Waals surface area contributed by atoms with Gasteiger partial charge in [0.2, 0.25) is 0 Å². The molecule has 21 heavy (non-hydrogen) atoms. The maximum absolute atomic E-state index is 12.1. The van der Waals surface area contributed by atoms with Crippen LogP contribution in [0.4, 0.5) is 9.93 Å². The fourth-order valence-corrected chi connectivity index (χ4v) is 2.69. The molecular formula is C15H19N3O2S. The smallest absolute Gasteiger partial charge is 0.321 e. The summed E-state index contributed by atoms with van der Waals surface area (Å²) >= 11 is 1.40. The molecule has 0 fully saturated rings. The van der Waals surface area contributed by atoms with E-state index in [1.54, 1.807) is 0 Å². The fourth-order valence-electron chi connectivity index (χ4n) is 2.01. The lowest BCUT2D eigenvalue weighted by atomic mass is 10.0. The summed E-state index contributed by atoms with van der Waals surface area (Å²) in [7, 11) is 0. The van der Waals surface area contributed by atoms with Crippen LogP contribution in [0.1, 0.15) is 30.1 Å². The second-order valence-electron chi connectivity index (χ2n) is 4.72. The number of nitrogens with zero attached hydrogens (tertiary/aromatic N) is 1. The van der Waals surface area contributed by atoms with Gasteiger partial charge < -0.3 is 10.4 Å². The Kier molecular flexibility index (Phi) is 5.71. The van der Waals surface area contributed by atoms with Crippen LogP contribution in [-0.2, 0) is 0 Å². The lowest BCUT2D eigenvalue weighted by molar-refractivity contribution is 0.244. The average Bonchev–Trinajstić information content (AvgIpc) is 2.89. The van der Waals surface area contributed by atoms with Crippen LogP contribution in [0.15, 0.2) is 35.7 Å². The van der Waals surface area contributed by atoms with Crippen molar-refractivity contribution in [1.82, 2.24) is 10.3 Å². The van der Waals surface area contributed by atoms with E-state index in [1.165, 1.54) is 11.3 Å². The zero-order chi connectivity index (χ0) is 15.1. The van der Waals surface area contributed by atoms with Crippen LogP contribution < -0.4 is 10.6 Å². The molecule has 1 atom stereocenters. The molecule has 0 radical (unpaired) electrons. The van der Waals surface area contributed by atoms with Crippen molar-refractivity contribution in [2.45, 2.75) is 25.8 Å². The standard InChI is InChI=1S/C15H19N3O2S/c1-11-10-21-15(16-11)18-14(20)17-13(8-5-9-19)12-6-3-2-4-7-12/h2-4,6-7,10,13,19H,5,8-9H2,1H3,(H2,16,17,18,20)/t13-/m0/s1. The van der Waals surface area contributed by atoms with Gasteiger partial charge in [0.05, 0.1) is 11.7 Å². The number of carbonyl (C=O) groups is 1. The second kappa shape index (κ2) is 7.75. The average molecular weight is 305 g/mol. The van der Waals surface area contributed by atoms with Crippen LogP contribution in [0.5, 0.6) is 0 Å². The number of carbonyl (C=O) groups excluding carboxylic acids is 1. The Hall–Kier alpha value is -1.92. The quantitative estimate of drug-likeness (QED) is 0.768. The number of aliphatic hydroxyl groups is 1. The van der Waals surface area contributed by atoms with E-state index >= 15 is 0 Å². The molecule has 112 valence electrons. The number of aromatic nitrogens is 1. The van der Waals surface area contributed by atoms with Gasteiger partial charge in [-0.2, -0.15) is 0 Å². The van der Waals surface area contributed by atoms with Crippen LogP contribution >= 0.6 is 11.3 Å². The van der Waals surface area contributed by atoms with Gasteiger partial charge in [0, 0.05) is 12.0 Å². The van der Waals surface area contributed by atoms with Crippen molar-refractivity contribution >= 4 is 22.5 Å². The third-order valence-corrected chi connectivity index (χ3v) is 3.87. The molecule has 0 saturated heterocycles. The highest BCUT2D eigenvalue weighted by Gasteiger charge is 2.14. The van der Waals surface area contributed by atoms with E-state index in [2.05, 4.69) is 15.6 Å². The molecule has 2 rings (SSSR count). The first-order chi connectivity index (χ1) is 10.2. The number of aryl methyl sites for hydroxylation is 1. The number of hydrogen-bond acceptors (Lipinski definition) is 4. The molecule has 3 N–H and O–H groups in total. The summed E-state index contributed by atoms with van der Waals surface area (Å²) in [4.78, 5) is 16.2. The van der Waals surface area contributed by atoms with E-state index in [0.717, 1.165) is 11.3 Å². The van der Waals surface area contributed by atoms with Crippen molar-refractivity contribution in [1.29, 1.82) is 0 Å². The molecular weight excluding hydrogens is 286 g/mol. The van der Waals surface area contributed by atoms with Crippen molar-refractivity contribution < 1.29 is 9.90 Å². The van der Waals surface area contributed by atoms with Gasteiger partial charge in [-0.25, -0.2) is 9.78 Å². The SMILES string of the molecule is Cc1csc(NC(=O)N[C@@H](CCCO)c2ccccc2)n1. The summed E-state index contributed by atoms with van der Waals surface area (Å²) in [5, 5.41) is 17.1. The van der Waals surface area contributed by atoms with Gasteiger partial charge >= 0.3 is 6.03 Å². The zero-order valence-corrected chi connectivity index (χ0v) is 12.7. The molecule has 0 spiro atoms. The number of hydrogen-bond donors (Lipinski definition) is 3. The number of nitrogens with one attached hydrogen (secondary N) is 2. The summed E-state index contributed by atoms with van der Waals surface area (Å²) in [5.74, 6) is 0. The van der Waals surface area contributed by atoms with Gasteiger partial charge in [-0.1, -0.05) is 30.3 Å². The Morgan fingerprint density at radius 2 is 2.14 bits per heavy atom. The van der Waals surface area contributed by atoms with Crippen molar-refractivity contribution in [2.24, 2.45) is 0 Å². The normalized spacial score (nSPS) is 11.9. The van der Waals surface area contributed by atoms with Gasteiger partial charge in [-0.05, 0) is 25.3 Å². The number of urea groups is 1. The third kappa shape index (κ3) is 4.84. The fraction of sp³-hybridized carbons (Fsp3) is 0.333. The summed E-state index contributed by atoms with van der Waals surface area (Å²) in [6, 6.07) is 9.34. The molecule has 0 aliphatic heterocycles. The Bertz CT molecular complexity index is 571. The number of anilines is 1. The summed E-state index contributed by atoms with van der Waals surface area (Å²) in [6.07, 6.45) is 1.32. The number of aliphatic hydroxyl groups excluding tert-OH is 1. The maximum atomic E-state index is 12.1. The van der Waals surface area contributed by atoms with Crippen LogP contribution in [0, 0.1) is 6.92 Å². The molecule has 1 aromatic heterocycles. The predicted molar refractivity (Wildman–Crippen MR) is 84.5 cm³/mol. The minimum absolute atomic E-state index is 0.109. The van der Waals surface area contributed by atoms with Gasteiger partial charge in [-0.3, -0.25) is 5.32 Å². The topological polar surface area (TPSA) is 74.2 Å². The largest absolute Gasteiger partial charge is 0.396 e. The van der Waals surface area contributed by atoms with Crippen molar-refractivity contribution in [3.05, 3.63) is 47.0 Å². The first-order valence-electron chi connectivity index (χ1n) is 6.84. The number of benzene rings is 1. The molecule has 0 aliphatic rings. The molecule has 1 heterocycles. The monoisotopic (exact) mass is 305 g/mol. The number of thiazole rings is 1. The molecule has 0 unspecified atom stereocenters.